The summed E-state index contributed by atoms with van der Waals surface area (Å²) < 4.78 is 13.1. The van der Waals surface area contributed by atoms with Crippen LogP contribution in [0.25, 0.3) is 0 Å². The van der Waals surface area contributed by atoms with Crippen molar-refractivity contribution in [3.05, 3.63) is 58.8 Å². The largest absolute Gasteiger partial charge is 0.486 e. The number of nitrogens with one attached hydrogen (secondary N) is 1. The van der Waals surface area contributed by atoms with Crippen LogP contribution >= 0.6 is 11.3 Å². The number of amides is 1. The van der Waals surface area contributed by atoms with Gasteiger partial charge in [0.25, 0.3) is 0 Å². The van der Waals surface area contributed by atoms with E-state index in [2.05, 4.69) is 15.4 Å². The van der Waals surface area contributed by atoms with Crippen molar-refractivity contribution in [3.8, 4) is 5.75 Å². The van der Waals surface area contributed by atoms with Gasteiger partial charge in [-0.3, -0.25) is 9.48 Å². The van der Waals surface area contributed by atoms with E-state index in [4.69, 9.17) is 9.47 Å². The second-order valence-electron chi connectivity index (χ2n) is 7.67. The number of para-hydroxylation sites is 1. The topological polar surface area (TPSA) is 81.5 Å². The molecule has 0 aliphatic carbocycles. The Balaban J connectivity index is 1.24. The first-order valence-corrected chi connectivity index (χ1v) is 11.2. The lowest BCUT2D eigenvalue weighted by atomic mass is 10.2. The van der Waals surface area contributed by atoms with Crippen LogP contribution in [0.15, 0.2) is 48.1 Å². The second-order valence-corrected chi connectivity index (χ2v) is 8.61. The number of carbonyl (C=O) groups excluding carboxylic acids is 1. The summed E-state index contributed by atoms with van der Waals surface area (Å²) in [5, 5.41) is 10.6. The first-order valence-electron chi connectivity index (χ1n) is 10.4. The standard InChI is InChI=1S/C22H27N5O3S/c1-16-10-26(11-17(2)30-16)22(28)13-27-12-18(9-24-27)23-8-19-15-31-21(25-19)14-29-20-6-4-3-5-7-20/h3-7,9,12,15-17,23H,8,10-11,13-14H2,1-2H3/t16-,17-/m1/s1. The minimum absolute atomic E-state index is 0.0548. The van der Waals surface area contributed by atoms with Gasteiger partial charge in [0.2, 0.25) is 5.91 Å². The Morgan fingerprint density at radius 3 is 2.81 bits per heavy atom. The minimum atomic E-state index is 0.0548. The summed E-state index contributed by atoms with van der Waals surface area (Å²) in [6, 6.07) is 9.71. The third-order valence-corrected chi connectivity index (χ3v) is 5.75. The molecule has 1 fully saturated rings. The van der Waals surface area contributed by atoms with Crippen LogP contribution in [0.4, 0.5) is 5.69 Å². The molecule has 2 aromatic heterocycles. The number of rotatable bonds is 8. The highest BCUT2D eigenvalue weighted by Crippen LogP contribution is 2.16. The Labute approximate surface area is 185 Å². The van der Waals surface area contributed by atoms with Crippen molar-refractivity contribution in [2.24, 2.45) is 0 Å². The number of thiazole rings is 1. The Bertz CT molecular complexity index is 980. The van der Waals surface area contributed by atoms with Gasteiger partial charge in [-0.25, -0.2) is 4.98 Å². The van der Waals surface area contributed by atoms with Crippen LogP contribution in [-0.2, 0) is 29.2 Å². The van der Waals surface area contributed by atoms with Gasteiger partial charge in [0.05, 0.1) is 36.3 Å². The second kappa shape index (κ2) is 9.93. The molecule has 1 aliphatic rings. The highest BCUT2D eigenvalue weighted by Gasteiger charge is 2.25. The van der Waals surface area contributed by atoms with E-state index in [9.17, 15) is 4.79 Å². The molecule has 1 aromatic carbocycles. The normalized spacial score (nSPS) is 18.7. The summed E-state index contributed by atoms with van der Waals surface area (Å²) >= 11 is 1.58. The lowest BCUT2D eigenvalue weighted by molar-refractivity contribution is -0.144. The van der Waals surface area contributed by atoms with Crippen molar-refractivity contribution in [1.29, 1.82) is 0 Å². The Morgan fingerprint density at radius 2 is 2.03 bits per heavy atom. The van der Waals surface area contributed by atoms with Crippen molar-refractivity contribution in [3.63, 3.8) is 0 Å². The molecule has 31 heavy (non-hydrogen) atoms. The van der Waals surface area contributed by atoms with Crippen LogP contribution in [-0.4, -0.2) is 50.9 Å². The third-order valence-electron chi connectivity index (χ3n) is 4.88. The Kier molecular flexibility index (Phi) is 6.83. The van der Waals surface area contributed by atoms with E-state index in [1.807, 2.05) is 60.7 Å². The molecule has 164 valence electrons. The molecule has 1 N–H and O–H groups in total. The maximum Gasteiger partial charge on any atom is 0.244 e. The average Bonchev–Trinajstić information content (AvgIpc) is 3.40. The first-order chi connectivity index (χ1) is 15.0. The van der Waals surface area contributed by atoms with Gasteiger partial charge in [0, 0.05) is 24.7 Å². The van der Waals surface area contributed by atoms with Gasteiger partial charge in [0.15, 0.2) is 0 Å². The fourth-order valence-corrected chi connectivity index (χ4v) is 4.22. The summed E-state index contributed by atoms with van der Waals surface area (Å²) in [6.07, 6.45) is 3.69. The maximum atomic E-state index is 12.6. The van der Waals surface area contributed by atoms with Crippen molar-refractivity contribution >= 4 is 22.9 Å². The summed E-state index contributed by atoms with van der Waals surface area (Å²) in [5.74, 6) is 0.888. The molecule has 2 atom stereocenters. The van der Waals surface area contributed by atoms with E-state index in [0.717, 1.165) is 22.1 Å². The van der Waals surface area contributed by atoms with Crippen LogP contribution in [0.2, 0.25) is 0 Å². The number of benzene rings is 1. The molecule has 0 unspecified atom stereocenters. The van der Waals surface area contributed by atoms with Crippen LogP contribution in [0, 0.1) is 0 Å². The quantitative estimate of drug-likeness (QED) is 0.578. The minimum Gasteiger partial charge on any atom is -0.486 e. The zero-order chi connectivity index (χ0) is 21.6. The molecule has 0 saturated carbocycles. The summed E-state index contributed by atoms with van der Waals surface area (Å²) in [5.41, 5.74) is 1.79. The van der Waals surface area contributed by atoms with E-state index in [1.54, 1.807) is 22.2 Å². The van der Waals surface area contributed by atoms with Crippen LogP contribution in [0.1, 0.15) is 24.5 Å². The van der Waals surface area contributed by atoms with Gasteiger partial charge in [-0.1, -0.05) is 18.2 Å². The predicted molar refractivity (Wildman–Crippen MR) is 119 cm³/mol. The van der Waals surface area contributed by atoms with Gasteiger partial charge in [0.1, 0.15) is 23.9 Å². The summed E-state index contributed by atoms with van der Waals surface area (Å²) in [4.78, 5) is 19.0. The molecule has 3 heterocycles. The zero-order valence-electron chi connectivity index (χ0n) is 17.7. The van der Waals surface area contributed by atoms with Crippen LogP contribution in [0.3, 0.4) is 0 Å². The van der Waals surface area contributed by atoms with Crippen molar-refractivity contribution < 1.29 is 14.3 Å². The lowest BCUT2D eigenvalue weighted by Gasteiger charge is -2.35. The third kappa shape index (κ3) is 6.05. The van der Waals surface area contributed by atoms with Gasteiger partial charge in [-0.15, -0.1) is 11.3 Å². The smallest absolute Gasteiger partial charge is 0.244 e. The maximum absolute atomic E-state index is 12.6. The number of hydrogen-bond acceptors (Lipinski definition) is 7. The molecule has 3 aromatic rings. The van der Waals surface area contributed by atoms with E-state index >= 15 is 0 Å². The van der Waals surface area contributed by atoms with Crippen molar-refractivity contribution in [1.82, 2.24) is 19.7 Å². The fraction of sp³-hybridized carbons (Fsp3) is 0.409. The Morgan fingerprint density at radius 1 is 1.26 bits per heavy atom. The lowest BCUT2D eigenvalue weighted by Crippen LogP contribution is -2.49. The van der Waals surface area contributed by atoms with Crippen LogP contribution in [0.5, 0.6) is 5.75 Å². The van der Waals surface area contributed by atoms with E-state index in [0.29, 0.717) is 26.2 Å². The number of nitrogens with zero attached hydrogens (tertiary/aromatic N) is 4. The molecule has 4 rings (SSSR count). The molecule has 0 bridgehead atoms. The molecule has 0 spiro atoms. The van der Waals surface area contributed by atoms with Gasteiger partial charge < -0.3 is 19.7 Å². The van der Waals surface area contributed by atoms with Crippen LogP contribution < -0.4 is 10.1 Å². The van der Waals surface area contributed by atoms with E-state index in [-0.39, 0.29) is 24.7 Å². The monoisotopic (exact) mass is 441 g/mol. The number of anilines is 1. The van der Waals surface area contributed by atoms with E-state index < -0.39 is 0 Å². The summed E-state index contributed by atoms with van der Waals surface area (Å²) in [7, 11) is 0. The highest BCUT2D eigenvalue weighted by molar-refractivity contribution is 7.09. The van der Waals surface area contributed by atoms with Crippen molar-refractivity contribution in [2.45, 2.75) is 45.8 Å². The molecular formula is C22H27N5O3S. The molecule has 1 amide bonds. The Hall–Kier alpha value is -2.91. The fourth-order valence-electron chi connectivity index (χ4n) is 3.51. The molecule has 9 heteroatoms. The van der Waals surface area contributed by atoms with Crippen molar-refractivity contribution in [2.75, 3.05) is 18.4 Å². The first kappa shape index (κ1) is 21.3. The average molecular weight is 442 g/mol. The zero-order valence-corrected chi connectivity index (χ0v) is 18.5. The molecule has 1 saturated heterocycles. The number of aromatic nitrogens is 3. The predicted octanol–water partition coefficient (Wildman–Crippen LogP) is 3.17. The molecule has 1 aliphatic heterocycles. The highest BCUT2D eigenvalue weighted by atomic mass is 32.1. The van der Waals surface area contributed by atoms with Gasteiger partial charge in [-0.05, 0) is 26.0 Å². The number of ether oxygens (including phenoxy) is 2. The molecule has 0 radical (unpaired) electrons. The summed E-state index contributed by atoms with van der Waals surface area (Å²) in [6.45, 7) is 6.48. The molecular weight excluding hydrogens is 414 g/mol. The van der Waals surface area contributed by atoms with Gasteiger partial charge in [-0.2, -0.15) is 5.10 Å². The van der Waals surface area contributed by atoms with E-state index in [1.165, 1.54) is 0 Å². The SMILES string of the molecule is C[C@@H]1CN(C(=O)Cn2cc(NCc3csc(COc4ccccc4)n3)cn2)C[C@@H](C)O1. The number of carbonyl (C=O) groups is 1. The number of hydrogen-bond donors (Lipinski definition) is 1. The van der Waals surface area contributed by atoms with Gasteiger partial charge >= 0.3 is 0 Å². The molecule has 8 nitrogen and oxygen atoms in total. The number of morpholine rings is 1.